The highest BCUT2D eigenvalue weighted by molar-refractivity contribution is 7.21. The van der Waals surface area contributed by atoms with Crippen molar-refractivity contribution in [2.45, 2.75) is 26.4 Å². The van der Waals surface area contributed by atoms with Gasteiger partial charge in [0.1, 0.15) is 4.88 Å². The summed E-state index contributed by atoms with van der Waals surface area (Å²) in [7, 11) is 0. The predicted molar refractivity (Wildman–Crippen MR) is 92.2 cm³/mol. The first kappa shape index (κ1) is 16.2. The van der Waals surface area contributed by atoms with Crippen LogP contribution >= 0.6 is 11.3 Å². The lowest BCUT2D eigenvalue weighted by molar-refractivity contribution is -0.121. The molecule has 0 radical (unpaired) electrons. The van der Waals surface area contributed by atoms with Crippen molar-refractivity contribution in [1.29, 1.82) is 0 Å². The molecule has 0 saturated carbocycles. The summed E-state index contributed by atoms with van der Waals surface area (Å²) in [5.41, 5.74) is 1.71. The van der Waals surface area contributed by atoms with Crippen LogP contribution in [0.2, 0.25) is 0 Å². The number of benzene rings is 1. The lowest BCUT2D eigenvalue weighted by Gasteiger charge is -2.06. The van der Waals surface area contributed by atoms with E-state index in [2.05, 4.69) is 10.4 Å². The molecule has 6 nitrogen and oxygen atoms in total. The number of hydrogen-bond acceptors (Lipinski definition) is 4. The molecular weight excluding hydrogens is 326 g/mol. The van der Waals surface area contributed by atoms with E-state index < -0.39 is 5.97 Å². The number of aromatic nitrogens is 2. The van der Waals surface area contributed by atoms with Gasteiger partial charge < -0.3 is 10.4 Å². The van der Waals surface area contributed by atoms with Crippen molar-refractivity contribution < 1.29 is 14.7 Å². The van der Waals surface area contributed by atoms with Gasteiger partial charge in [-0.2, -0.15) is 5.10 Å². The van der Waals surface area contributed by atoms with E-state index in [1.165, 1.54) is 11.3 Å². The monoisotopic (exact) mass is 343 g/mol. The van der Waals surface area contributed by atoms with Crippen LogP contribution < -0.4 is 5.32 Å². The molecule has 124 valence electrons. The molecule has 0 spiro atoms. The summed E-state index contributed by atoms with van der Waals surface area (Å²) < 4.78 is 2.63. The normalized spacial score (nSPS) is 10.9. The first-order chi connectivity index (χ1) is 11.5. The first-order valence-electron chi connectivity index (χ1n) is 7.54. The first-order valence-corrected chi connectivity index (χ1v) is 8.35. The van der Waals surface area contributed by atoms with Crippen molar-refractivity contribution in [2.75, 3.05) is 0 Å². The van der Waals surface area contributed by atoms with Gasteiger partial charge in [0.15, 0.2) is 0 Å². The molecule has 2 N–H and O–H groups in total. The molecular formula is C17H17N3O3S. The van der Waals surface area contributed by atoms with Crippen molar-refractivity contribution in [3.8, 4) is 0 Å². The van der Waals surface area contributed by atoms with Crippen LogP contribution in [0.5, 0.6) is 0 Å². The fourth-order valence-corrected chi connectivity index (χ4v) is 3.59. The number of carbonyl (C=O) groups excluding carboxylic acids is 1. The number of rotatable bonds is 6. The molecule has 0 saturated heterocycles. The Labute approximate surface area is 142 Å². The third kappa shape index (κ3) is 3.46. The van der Waals surface area contributed by atoms with E-state index in [1.807, 2.05) is 37.4 Å². The second-order valence-corrected chi connectivity index (χ2v) is 6.57. The Balaban J connectivity index is 1.67. The van der Waals surface area contributed by atoms with Gasteiger partial charge in [-0.25, -0.2) is 4.79 Å². The van der Waals surface area contributed by atoms with Crippen LogP contribution in [0.4, 0.5) is 0 Å². The van der Waals surface area contributed by atoms with Gasteiger partial charge in [-0.1, -0.05) is 18.2 Å². The Morgan fingerprint density at radius 1 is 1.33 bits per heavy atom. The number of thiophene rings is 1. The minimum Gasteiger partial charge on any atom is -0.477 e. The van der Waals surface area contributed by atoms with E-state index in [4.69, 9.17) is 0 Å². The van der Waals surface area contributed by atoms with Gasteiger partial charge in [0.05, 0.1) is 6.20 Å². The van der Waals surface area contributed by atoms with Gasteiger partial charge in [0, 0.05) is 36.0 Å². The number of carbonyl (C=O) groups is 2. The average Bonchev–Trinajstić information content (AvgIpc) is 3.14. The Hall–Kier alpha value is -2.67. The molecule has 24 heavy (non-hydrogen) atoms. The molecule has 0 fully saturated rings. The number of amides is 1. The number of carboxylic acid groups (broad SMARTS) is 1. The van der Waals surface area contributed by atoms with Crippen LogP contribution in [0.1, 0.15) is 27.2 Å². The van der Waals surface area contributed by atoms with Crippen LogP contribution in [0.25, 0.3) is 10.1 Å². The summed E-state index contributed by atoms with van der Waals surface area (Å²) in [6.45, 7) is 2.65. The number of nitrogens with zero attached hydrogens (tertiary/aromatic N) is 2. The Morgan fingerprint density at radius 3 is 2.83 bits per heavy atom. The summed E-state index contributed by atoms with van der Waals surface area (Å²) >= 11 is 1.23. The van der Waals surface area contributed by atoms with Crippen molar-refractivity contribution >= 4 is 33.3 Å². The molecule has 7 heteroatoms. The highest BCUT2D eigenvalue weighted by atomic mass is 32.1. The topological polar surface area (TPSA) is 84.2 Å². The lowest BCUT2D eigenvalue weighted by Crippen LogP contribution is -2.24. The Morgan fingerprint density at radius 2 is 2.12 bits per heavy atom. The zero-order valence-corrected chi connectivity index (χ0v) is 14.0. The molecule has 1 amide bonds. The van der Waals surface area contributed by atoms with Gasteiger partial charge in [-0.05, 0) is 23.9 Å². The lowest BCUT2D eigenvalue weighted by atomic mass is 10.1. The molecule has 0 aliphatic heterocycles. The van der Waals surface area contributed by atoms with Crippen LogP contribution in [0.3, 0.4) is 0 Å². The summed E-state index contributed by atoms with van der Waals surface area (Å²) in [5.74, 6) is -1.10. The highest BCUT2D eigenvalue weighted by Gasteiger charge is 2.17. The Bertz CT molecular complexity index is 898. The van der Waals surface area contributed by atoms with E-state index in [0.29, 0.717) is 18.5 Å². The zero-order valence-electron chi connectivity index (χ0n) is 13.2. The molecule has 0 unspecified atom stereocenters. The molecule has 3 rings (SSSR count). The maximum Gasteiger partial charge on any atom is 0.346 e. The maximum atomic E-state index is 12.0. The van der Waals surface area contributed by atoms with Gasteiger partial charge in [-0.3, -0.25) is 9.48 Å². The molecule has 1 aromatic carbocycles. The Kier molecular flexibility index (Phi) is 4.61. The molecule has 2 aromatic heterocycles. The number of aryl methyl sites for hydroxylation is 2. The minimum absolute atomic E-state index is 0.130. The third-order valence-electron chi connectivity index (χ3n) is 3.69. The number of carboxylic acids is 1. The quantitative estimate of drug-likeness (QED) is 0.721. The standard InChI is InChI=1S/C17H17N3O3S/c1-11-8-19-20(10-11)7-6-15(21)18-9-13-12-4-2-3-5-14(12)24-16(13)17(22)23/h2-5,8,10H,6-7,9H2,1H3,(H,18,21)(H,22,23). The van der Waals surface area contributed by atoms with Crippen molar-refractivity contribution in [3.63, 3.8) is 0 Å². The molecule has 0 aliphatic rings. The smallest absolute Gasteiger partial charge is 0.346 e. The van der Waals surface area contributed by atoms with Gasteiger partial charge in [0.25, 0.3) is 0 Å². The average molecular weight is 343 g/mol. The highest BCUT2D eigenvalue weighted by Crippen LogP contribution is 2.31. The fourth-order valence-electron chi connectivity index (χ4n) is 2.53. The molecule has 3 aromatic rings. The van der Waals surface area contributed by atoms with E-state index in [1.54, 1.807) is 10.9 Å². The number of nitrogens with one attached hydrogen (secondary N) is 1. The zero-order chi connectivity index (χ0) is 17.1. The minimum atomic E-state index is -0.965. The number of hydrogen-bond donors (Lipinski definition) is 2. The molecule has 0 bridgehead atoms. The molecule has 0 aliphatic carbocycles. The summed E-state index contributed by atoms with van der Waals surface area (Å²) in [4.78, 5) is 23.8. The van der Waals surface area contributed by atoms with Crippen molar-refractivity contribution in [2.24, 2.45) is 0 Å². The predicted octanol–water partition coefficient (Wildman–Crippen LogP) is 2.81. The summed E-state index contributed by atoms with van der Waals surface area (Å²) in [6, 6.07) is 7.51. The largest absolute Gasteiger partial charge is 0.477 e. The maximum absolute atomic E-state index is 12.0. The number of fused-ring (bicyclic) bond motifs is 1. The molecule has 0 atom stereocenters. The van der Waals surface area contributed by atoms with E-state index in [-0.39, 0.29) is 17.3 Å². The second kappa shape index (κ2) is 6.84. The van der Waals surface area contributed by atoms with Crippen LogP contribution in [-0.2, 0) is 17.9 Å². The van der Waals surface area contributed by atoms with E-state index >= 15 is 0 Å². The van der Waals surface area contributed by atoms with Crippen LogP contribution in [0.15, 0.2) is 36.7 Å². The van der Waals surface area contributed by atoms with E-state index in [9.17, 15) is 14.7 Å². The van der Waals surface area contributed by atoms with Crippen LogP contribution in [-0.4, -0.2) is 26.8 Å². The SMILES string of the molecule is Cc1cnn(CCC(=O)NCc2c(C(=O)O)sc3ccccc23)c1. The fraction of sp³-hybridized carbons (Fsp3) is 0.235. The summed E-state index contributed by atoms with van der Waals surface area (Å²) in [5, 5.41) is 17.2. The molecule has 2 heterocycles. The van der Waals surface area contributed by atoms with Crippen molar-refractivity contribution in [1.82, 2.24) is 15.1 Å². The van der Waals surface area contributed by atoms with Gasteiger partial charge in [-0.15, -0.1) is 11.3 Å². The number of aromatic carboxylic acids is 1. The second-order valence-electron chi connectivity index (χ2n) is 5.52. The van der Waals surface area contributed by atoms with E-state index in [0.717, 1.165) is 15.6 Å². The summed E-state index contributed by atoms with van der Waals surface area (Å²) in [6.07, 6.45) is 3.92. The van der Waals surface area contributed by atoms with Crippen molar-refractivity contribution in [3.05, 3.63) is 52.7 Å². The third-order valence-corrected chi connectivity index (χ3v) is 4.89. The van der Waals surface area contributed by atoms with Crippen LogP contribution in [0, 0.1) is 6.92 Å². The van der Waals surface area contributed by atoms with Gasteiger partial charge in [0.2, 0.25) is 5.91 Å². The van der Waals surface area contributed by atoms with Gasteiger partial charge >= 0.3 is 5.97 Å².